The van der Waals surface area contributed by atoms with Gasteiger partial charge in [0.15, 0.2) is 17.1 Å². The number of nitrogens with one attached hydrogen (secondary N) is 1. The highest BCUT2D eigenvalue weighted by atomic mass is 35.5. The second-order valence-corrected chi connectivity index (χ2v) is 13.9. The number of hydrogen-bond donors (Lipinski definition) is 2. The number of hydrogen-bond acceptors (Lipinski definition) is 8. The van der Waals surface area contributed by atoms with Crippen molar-refractivity contribution in [3.8, 4) is 17.2 Å². The van der Waals surface area contributed by atoms with Crippen LogP contribution >= 0.6 is 11.6 Å². The van der Waals surface area contributed by atoms with Crippen molar-refractivity contribution in [2.45, 2.75) is 30.8 Å². The van der Waals surface area contributed by atoms with Crippen molar-refractivity contribution in [3.05, 3.63) is 181 Å². The summed E-state index contributed by atoms with van der Waals surface area (Å²) < 4.78 is 9.38. The van der Waals surface area contributed by atoms with Crippen LogP contribution < -0.4 is 20.9 Å². The van der Waals surface area contributed by atoms with E-state index < -0.39 is 46.4 Å². The van der Waals surface area contributed by atoms with Crippen LogP contribution in [0, 0.1) is 0 Å². The van der Waals surface area contributed by atoms with E-state index in [9.17, 15) is 24.3 Å². The Morgan fingerprint density at radius 1 is 0.745 bits per heavy atom. The first-order valence-electron chi connectivity index (χ1n) is 17.9. The van der Waals surface area contributed by atoms with Gasteiger partial charge in [-0.1, -0.05) is 96.5 Å². The average molecular weight is 755 g/mol. The normalized spacial score (nSPS) is 17.0. The van der Waals surface area contributed by atoms with Crippen molar-refractivity contribution in [2.75, 3.05) is 19.6 Å². The standard InChI is InChI=1S/C42H35ClN6O6/c1-2-47-24-32(49-37(42(47)54)39(52)33(50)22-45-49)36(27-15-9-17-29(43)19-27)28-16-10-18-30(20-28)55-40-34(51)23-46-48-31(21-44-41(53)38(40)48)35(25-11-5-3-6-12-25)26-13-7-4-8-14-26/h3-20,22-23,31-32,35-36,52H,2,21,24H2,1H3,(H,44,53). The number of rotatable bonds is 9. The minimum atomic E-state index is -0.761. The summed E-state index contributed by atoms with van der Waals surface area (Å²) in [7, 11) is 0. The van der Waals surface area contributed by atoms with E-state index in [1.807, 2.05) is 85.8 Å². The molecule has 276 valence electrons. The lowest BCUT2D eigenvalue weighted by Gasteiger charge is -2.39. The van der Waals surface area contributed by atoms with E-state index in [1.165, 1.54) is 10.9 Å². The quantitative estimate of drug-likeness (QED) is 0.185. The van der Waals surface area contributed by atoms with Gasteiger partial charge in [0.2, 0.25) is 16.6 Å². The number of carbonyl (C=O) groups is 2. The second kappa shape index (κ2) is 14.7. The van der Waals surface area contributed by atoms with Gasteiger partial charge in [-0.25, -0.2) is 0 Å². The van der Waals surface area contributed by atoms with Gasteiger partial charge in [-0.2, -0.15) is 10.2 Å². The van der Waals surface area contributed by atoms with Crippen molar-refractivity contribution in [2.24, 2.45) is 0 Å². The maximum Gasteiger partial charge on any atom is 0.276 e. The molecular formula is C42H35ClN6O6. The Hall–Kier alpha value is -6.53. The van der Waals surface area contributed by atoms with E-state index in [0.717, 1.165) is 22.9 Å². The van der Waals surface area contributed by atoms with Gasteiger partial charge in [0.1, 0.15) is 5.75 Å². The number of carbonyl (C=O) groups excluding carboxylic acids is 2. The van der Waals surface area contributed by atoms with Crippen LogP contribution in [0.25, 0.3) is 0 Å². The SMILES string of the molecule is CCN1CC(C(c2cccc(Cl)c2)c2cccc(Oc3c4n(ncc3=O)C(C(c3ccccc3)c3ccccc3)CNC4=O)c2)n2ncc(=O)c(O)c2C1=O. The number of aromatic hydroxyl groups is 1. The molecule has 0 aliphatic carbocycles. The molecule has 8 rings (SSSR count). The molecule has 4 heterocycles. The van der Waals surface area contributed by atoms with Gasteiger partial charge in [0.05, 0.1) is 24.5 Å². The van der Waals surface area contributed by atoms with Crippen LogP contribution in [-0.4, -0.2) is 61.0 Å². The van der Waals surface area contributed by atoms with Gasteiger partial charge in [0, 0.05) is 36.5 Å². The summed E-state index contributed by atoms with van der Waals surface area (Å²) in [4.78, 5) is 54.7. The topological polar surface area (TPSA) is 149 Å². The first-order chi connectivity index (χ1) is 26.7. The smallest absolute Gasteiger partial charge is 0.276 e. The zero-order valence-corrected chi connectivity index (χ0v) is 30.3. The highest BCUT2D eigenvalue weighted by molar-refractivity contribution is 6.30. The fourth-order valence-electron chi connectivity index (χ4n) is 7.78. The van der Waals surface area contributed by atoms with Crippen LogP contribution in [0.3, 0.4) is 0 Å². The Morgan fingerprint density at radius 3 is 1.98 bits per heavy atom. The zero-order valence-electron chi connectivity index (χ0n) is 29.6. The minimum absolute atomic E-state index is 0.000590. The highest BCUT2D eigenvalue weighted by Gasteiger charge is 2.40. The molecule has 2 aliphatic heterocycles. The molecule has 3 unspecified atom stereocenters. The second-order valence-electron chi connectivity index (χ2n) is 13.5. The lowest BCUT2D eigenvalue weighted by atomic mass is 9.83. The van der Waals surface area contributed by atoms with Crippen molar-refractivity contribution in [1.82, 2.24) is 29.8 Å². The molecule has 4 aromatic carbocycles. The number of fused-ring (bicyclic) bond motifs is 2. The molecule has 55 heavy (non-hydrogen) atoms. The van der Waals surface area contributed by atoms with Gasteiger partial charge in [-0.15, -0.1) is 0 Å². The Morgan fingerprint density at radius 2 is 1.33 bits per heavy atom. The Kier molecular flexibility index (Phi) is 9.50. The summed E-state index contributed by atoms with van der Waals surface area (Å²) in [6.07, 6.45) is 2.16. The molecule has 13 heteroatoms. The molecule has 2 aliphatic rings. The van der Waals surface area contributed by atoms with E-state index in [-0.39, 0.29) is 41.9 Å². The largest absolute Gasteiger partial charge is 0.502 e. The van der Waals surface area contributed by atoms with E-state index in [4.69, 9.17) is 16.3 Å². The molecule has 0 spiro atoms. The minimum Gasteiger partial charge on any atom is -0.502 e. The maximum absolute atomic E-state index is 13.7. The molecule has 2 amide bonds. The first-order valence-corrected chi connectivity index (χ1v) is 18.2. The summed E-state index contributed by atoms with van der Waals surface area (Å²) in [5.74, 6) is -2.35. The predicted octanol–water partition coefficient (Wildman–Crippen LogP) is 5.92. The van der Waals surface area contributed by atoms with Gasteiger partial charge >= 0.3 is 0 Å². The molecule has 0 radical (unpaired) electrons. The van der Waals surface area contributed by atoms with Crippen molar-refractivity contribution < 1.29 is 19.4 Å². The molecule has 0 fully saturated rings. The zero-order chi connectivity index (χ0) is 38.2. The third-order valence-electron chi connectivity index (χ3n) is 10.3. The van der Waals surface area contributed by atoms with Crippen LogP contribution in [0.4, 0.5) is 0 Å². The van der Waals surface area contributed by atoms with Crippen molar-refractivity contribution >= 4 is 23.4 Å². The van der Waals surface area contributed by atoms with E-state index in [2.05, 4.69) is 15.5 Å². The summed E-state index contributed by atoms with van der Waals surface area (Å²) in [6.45, 7) is 2.60. The number of likely N-dealkylation sites (N-methyl/N-ethyl adjacent to an activating group) is 1. The van der Waals surface area contributed by atoms with Crippen LogP contribution in [0.1, 0.15) is 74.1 Å². The Labute approximate surface area is 320 Å². The molecule has 0 saturated carbocycles. The fraction of sp³-hybridized carbons (Fsp3) is 0.190. The van der Waals surface area contributed by atoms with Crippen LogP contribution in [0.2, 0.25) is 5.02 Å². The van der Waals surface area contributed by atoms with Gasteiger partial charge < -0.3 is 20.1 Å². The van der Waals surface area contributed by atoms with E-state index >= 15 is 0 Å². The van der Waals surface area contributed by atoms with Crippen LogP contribution in [0.5, 0.6) is 17.2 Å². The Bertz CT molecular complexity index is 2500. The van der Waals surface area contributed by atoms with Gasteiger partial charge in [-0.05, 0) is 53.4 Å². The summed E-state index contributed by atoms with van der Waals surface area (Å²) in [6, 6.07) is 33.2. The van der Waals surface area contributed by atoms with Crippen molar-refractivity contribution in [3.63, 3.8) is 0 Å². The number of amides is 2. The molecule has 2 aromatic heterocycles. The molecule has 0 saturated heterocycles. The number of benzene rings is 4. The molecular weight excluding hydrogens is 720 g/mol. The van der Waals surface area contributed by atoms with Crippen molar-refractivity contribution in [1.29, 1.82) is 0 Å². The Balaban J connectivity index is 1.23. The molecule has 2 N–H and O–H groups in total. The number of nitrogens with zero attached hydrogens (tertiary/aromatic N) is 5. The lowest BCUT2D eigenvalue weighted by molar-refractivity contribution is 0.0645. The fourth-order valence-corrected chi connectivity index (χ4v) is 7.98. The summed E-state index contributed by atoms with van der Waals surface area (Å²) >= 11 is 6.52. The first kappa shape index (κ1) is 35.5. The number of ether oxygens (including phenoxy) is 1. The number of halogens is 1. The summed E-state index contributed by atoms with van der Waals surface area (Å²) in [5, 5.41) is 23.1. The van der Waals surface area contributed by atoms with E-state index in [1.54, 1.807) is 39.9 Å². The van der Waals surface area contributed by atoms with E-state index in [0.29, 0.717) is 17.1 Å². The molecule has 6 aromatic rings. The monoisotopic (exact) mass is 754 g/mol. The van der Waals surface area contributed by atoms with Crippen LogP contribution in [-0.2, 0) is 0 Å². The maximum atomic E-state index is 13.7. The lowest BCUT2D eigenvalue weighted by Crippen LogP contribution is -2.46. The highest BCUT2D eigenvalue weighted by Crippen LogP contribution is 2.42. The summed E-state index contributed by atoms with van der Waals surface area (Å²) in [5.41, 5.74) is 1.96. The average Bonchev–Trinajstić information content (AvgIpc) is 3.20. The van der Waals surface area contributed by atoms with Gasteiger partial charge in [-0.3, -0.25) is 28.5 Å². The van der Waals surface area contributed by atoms with Gasteiger partial charge in [0.25, 0.3) is 11.8 Å². The third-order valence-corrected chi connectivity index (χ3v) is 10.5. The molecule has 3 atom stereocenters. The molecule has 0 bridgehead atoms. The number of aromatic nitrogens is 4. The van der Waals surface area contributed by atoms with Crippen LogP contribution in [0.15, 0.2) is 131 Å². The molecule has 12 nitrogen and oxygen atoms in total. The predicted molar refractivity (Wildman–Crippen MR) is 205 cm³/mol. The third kappa shape index (κ3) is 6.54.